The highest BCUT2D eigenvalue weighted by Gasteiger charge is 2.19. The van der Waals surface area contributed by atoms with Gasteiger partial charge in [0.2, 0.25) is 5.78 Å². The summed E-state index contributed by atoms with van der Waals surface area (Å²) < 4.78 is 38.7. The Hall–Kier alpha value is -2.97. The summed E-state index contributed by atoms with van der Waals surface area (Å²) in [6.45, 7) is 5.65. The Morgan fingerprint density at radius 2 is 1.83 bits per heavy atom. The summed E-state index contributed by atoms with van der Waals surface area (Å²) in [7, 11) is -3.98. The summed E-state index contributed by atoms with van der Waals surface area (Å²) >= 11 is 0. The molecule has 152 valence electrons. The van der Waals surface area contributed by atoms with E-state index in [0.29, 0.717) is 22.5 Å². The minimum Gasteiger partial charge on any atom is -0.355 e. The molecule has 0 fully saturated rings. The van der Waals surface area contributed by atoms with Gasteiger partial charge >= 0.3 is 0 Å². The number of carbonyl (C=O) groups is 1. The first-order chi connectivity index (χ1) is 13.5. The number of H-pyrrole nitrogens is 1. The fourth-order valence-corrected chi connectivity index (χ4v) is 3.74. The zero-order chi connectivity index (χ0) is 21.3. The van der Waals surface area contributed by atoms with Gasteiger partial charge in [0.05, 0.1) is 11.4 Å². The number of halogens is 1. The van der Waals surface area contributed by atoms with Crippen molar-refractivity contribution in [2.45, 2.75) is 26.7 Å². The number of aryl methyl sites for hydroxylation is 2. The van der Waals surface area contributed by atoms with E-state index in [0.717, 1.165) is 17.2 Å². The number of hydrogen-bond acceptors (Lipinski definition) is 3. The van der Waals surface area contributed by atoms with Gasteiger partial charge in [-0.2, -0.15) is 8.42 Å². The smallest absolute Gasteiger partial charge is 0.296 e. The van der Waals surface area contributed by atoms with Crippen molar-refractivity contribution in [3.63, 3.8) is 0 Å². The second kappa shape index (κ2) is 7.81. The molecule has 0 saturated heterocycles. The lowest BCUT2D eigenvalue weighted by Gasteiger charge is -2.13. The molecule has 3 rings (SSSR count). The van der Waals surface area contributed by atoms with Gasteiger partial charge in [-0.15, -0.1) is 0 Å². The molecule has 0 radical (unpaired) electrons. The van der Waals surface area contributed by atoms with Gasteiger partial charge in [0.1, 0.15) is 5.82 Å². The summed E-state index contributed by atoms with van der Waals surface area (Å²) in [5.74, 6) is -1.09. The Morgan fingerprint density at radius 3 is 2.45 bits per heavy atom. The average Bonchev–Trinajstić information content (AvgIpc) is 3.09. The van der Waals surface area contributed by atoms with Gasteiger partial charge < -0.3 is 4.98 Å². The maximum absolute atomic E-state index is 14.5. The molecule has 0 aliphatic carbocycles. The number of benzene rings is 2. The molecule has 1 unspecified atom stereocenters. The van der Waals surface area contributed by atoms with Gasteiger partial charge in [-0.1, -0.05) is 36.8 Å². The van der Waals surface area contributed by atoms with Crippen LogP contribution in [-0.4, -0.2) is 19.2 Å². The van der Waals surface area contributed by atoms with E-state index in [1.54, 1.807) is 25.1 Å². The quantitative estimate of drug-likeness (QED) is 0.534. The number of nitrogens with one attached hydrogen (secondary N) is 2. The van der Waals surface area contributed by atoms with Crippen LogP contribution in [0, 0.1) is 19.7 Å². The maximum atomic E-state index is 14.5. The zero-order valence-corrected chi connectivity index (χ0v) is 17.1. The van der Waals surface area contributed by atoms with Crippen LogP contribution in [-0.2, 0) is 10.2 Å². The SMILES string of the molecule is Cc1ccc(C(=O)c2ccc(C(C)c3ccc(NS(N)(=O)=O)cc3F)[nH]2)c(C)c1. The average molecular weight is 415 g/mol. The first kappa shape index (κ1) is 20.8. The molecule has 6 nitrogen and oxygen atoms in total. The Kier molecular flexibility index (Phi) is 5.59. The fraction of sp³-hybridized carbons (Fsp3) is 0.190. The Labute approximate surface area is 169 Å². The van der Waals surface area contributed by atoms with Crippen molar-refractivity contribution in [2.24, 2.45) is 5.14 Å². The van der Waals surface area contributed by atoms with Gasteiger partial charge in [-0.3, -0.25) is 9.52 Å². The molecule has 8 heteroatoms. The molecule has 0 saturated carbocycles. The molecule has 4 N–H and O–H groups in total. The van der Waals surface area contributed by atoms with Crippen molar-refractivity contribution in [1.29, 1.82) is 0 Å². The predicted molar refractivity (Wildman–Crippen MR) is 111 cm³/mol. The number of ketones is 1. The van der Waals surface area contributed by atoms with E-state index in [4.69, 9.17) is 5.14 Å². The third-order valence-electron chi connectivity index (χ3n) is 4.77. The normalized spacial score (nSPS) is 12.6. The molecule has 3 aromatic rings. The zero-order valence-electron chi connectivity index (χ0n) is 16.3. The highest BCUT2D eigenvalue weighted by atomic mass is 32.2. The van der Waals surface area contributed by atoms with Crippen molar-refractivity contribution in [3.8, 4) is 0 Å². The van der Waals surface area contributed by atoms with E-state index >= 15 is 0 Å². The minimum absolute atomic E-state index is 0.0400. The largest absolute Gasteiger partial charge is 0.355 e. The van der Waals surface area contributed by atoms with Crippen molar-refractivity contribution in [3.05, 3.63) is 88.0 Å². The number of rotatable bonds is 6. The molecule has 0 aliphatic rings. The second-order valence-corrected chi connectivity index (χ2v) is 8.37. The number of aromatic nitrogens is 1. The summed E-state index contributed by atoms with van der Waals surface area (Å²) in [5, 5.41) is 4.91. The van der Waals surface area contributed by atoms with Crippen molar-refractivity contribution in [1.82, 2.24) is 4.98 Å². The van der Waals surface area contributed by atoms with Crippen LogP contribution in [0.4, 0.5) is 10.1 Å². The molecular formula is C21H22FN3O3S. The van der Waals surface area contributed by atoms with Gasteiger partial charge in [-0.25, -0.2) is 9.53 Å². The highest BCUT2D eigenvalue weighted by molar-refractivity contribution is 7.90. The Bertz CT molecular complexity index is 1190. The lowest BCUT2D eigenvalue weighted by atomic mass is 9.97. The molecule has 0 bridgehead atoms. The van der Waals surface area contributed by atoms with E-state index in [9.17, 15) is 17.6 Å². The number of aromatic amines is 1. The molecule has 1 aromatic heterocycles. The predicted octanol–water partition coefficient (Wildman–Crippen LogP) is 3.77. The highest BCUT2D eigenvalue weighted by Crippen LogP contribution is 2.28. The number of carbonyl (C=O) groups excluding carboxylic acids is 1. The van der Waals surface area contributed by atoms with Gasteiger partial charge in [-0.05, 0) is 49.2 Å². The molecule has 1 atom stereocenters. The van der Waals surface area contributed by atoms with Gasteiger partial charge in [0.15, 0.2) is 0 Å². The summed E-state index contributed by atoms with van der Waals surface area (Å²) in [6, 6.07) is 13.1. The van der Waals surface area contributed by atoms with Gasteiger partial charge in [0, 0.05) is 17.2 Å². The Balaban J connectivity index is 1.85. The van der Waals surface area contributed by atoms with E-state index in [-0.39, 0.29) is 17.4 Å². The van der Waals surface area contributed by atoms with Crippen molar-refractivity contribution in [2.75, 3.05) is 4.72 Å². The molecule has 0 amide bonds. The molecule has 1 heterocycles. The van der Waals surface area contributed by atoms with Crippen LogP contribution in [0.2, 0.25) is 0 Å². The number of nitrogens with two attached hydrogens (primary N) is 1. The maximum Gasteiger partial charge on any atom is 0.296 e. The van der Waals surface area contributed by atoms with Crippen LogP contribution >= 0.6 is 0 Å². The van der Waals surface area contributed by atoms with Crippen LogP contribution < -0.4 is 9.86 Å². The molecule has 29 heavy (non-hydrogen) atoms. The summed E-state index contributed by atoms with van der Waals surface area (Å²) in [5.41, 5.74) is 4.08. The number of hydrogen-bond donors (Lipinski definition) is 3. The van der Waals surface area contributed by atoms with E-state index in [2.05, 4.69) is 4.98 Å². The molecule has 0 spiro atoms. The molecular weight excluding hydrogens is 393 g/mol. The molecule has 2 aromatic carbocycles. The third-order valence-corrected chi connectivity index (χ3v) is 5.29. The van der Waals surface area contributed by atoms with Crippen LogP contribution in [0.1, 0.15) is 51.3 Å². The third kappa shape index (κ3) is 4.72. The monoisotopic (exact) mass is 415 g/mol. The fourth-order valence-electron chi connectivity index (χ4n) is 3.28. The molecule has 0 aliphatic heterocycles. The van der Waals surface area contributed by atoms with E-state index in [1.165, 1.54) is 12.1 Å². The van der Waals surface area contributed by atoms with Gasteiger partial charge in [0.25, 0.3) is 10.2 Å². The lowest BCUT2D eigenvalue weighted by molar-refractivity contribution is 0.103. The lowest BCUT2D eigenvalue weighted by Crippen LogP contribution is -2.21. The topological polar surface area (TPSA) is 105 Å². The summed E-state index contributed by atoms with van der Waals surface area (Å²) in [4.78, 5) is 15.9. The standard InChI is InChI=1S/C21H22FN3O3S/c1-12-4-6-16(13(2)10-12)21(26)20-9-8-19(24-20)14(3)17-7-5-15(11-18(17)22)25-29(23,27)28/h4-11,14,24-25H,1-3H3,(H2,23,27,28). The Morgan fingerprint density at radius 1 is 1.10 bits per heavy atom. The first-order valence-corrected chi connectivity index (χ1v) is 10.5. The second-order valence-electron chi connectivity index (χ2n) is 7.08. The van der Waals surface area contributed by atoms with E-state index in [1.807, 2.05) is 30.7 Å². The van der Waals surface area contributed by atoms with Crippen molar-refractivity contribution >= 4 is 21.7 Å². The van der Waals surface area contributed by atoms with Crippen LogP contribution in [0.25, 0.3) is 0 Å². The minimum atomic E-state index is -3.98. The van der Waals surface area contributed by atoms with Crippen LogP contribution in [0.5, 0.6) is 0 Å². The number of anilines is 1. The van der Waals surface area contributed by atoms with Crippen molar-refractivity contribution < 1.29 is 17.6 Å². The first-order valence-electron chi connectivity index (χ1n) is 8.96. The summed E-state index contributed by atoms with van der Waals surface area (Å²) in [6.07, 6.45) is 0. The van der Waals surface area contributed by atoms with Crippen LogP contribution in [0.15, 0.2) is 48.5 Å². The van der Waals surface area contributed by atoms with Crippen LogP contribution in [0.3, 0.4) is 0 Å². The van der Waals surface area contributed by atoms with E-state index < -0.39 is 16.0 Å².